The highest BCUT2D eigenvalue weighted by molar-refractivity contribution is 7.98. The van der Waals surface area contributed by atoms with Crippen LogP contribution in [0.25, 0.3) is 0 Å². The molecule has 3 aliphatic rings. The number of hydrogen-bond acceptors (Lipinski definition) is 5. The van der Waals surface area contributed by atoms with Crippen molar-refractivity contribution in [3.05, 3.63) is 12.3 Å². The van der Waals surface area contributed by atoms with Gasteiger partial charge >= 0.3 is 0 Å². The third-order valence-electron chi connectivity index (χ3n) is 6.26. The number of carbonyl (C=O) groups excluding carboxylic acids is 1. The van der Waals surface area contributed by atoms with Crippen LogP contribution in [0.15, 0.2) is 17.4 Å². The van der Waals surface area contributed by atoms with Crippen LogP contribution in [0, 0.1) is 5.41 Å². The van der Waals surface area contributed by atoms with Gasteiger partial charge in [0.1, 0.15) is 5.82 Å². The van der Waals surface area contributed by atoms with E-state index in [1.807, 2.05) is 18.5 Å². The molecule has 0 radical (unpaired) electrons. The molecule has 3 heterocycles. The molecule has 0 unspecified atom stereocenters. The van der Waals surface area contributed by atoms with Crippen molar-refractivity contribution in [3.8, 4) is 0 Å². The van der Waals surface area contributed by atoms with Gasteiger partial charge in [0, 0.05) is 31.9 Å². The smallest absolute Gasteiger partial charge is 0.230 e. The van der Waals surface area contributed by atoms with E-state index in [-0.39, 0.29) is 5.41 Å². The lowest BCUT2D eigenvalue weighted by atomic mass is 9.77. The molecule has 0 aromatic carbocycles. The molecule has 2 aliphatic heterocycles. The maximum atomic E-state index is 13.4. The SMILES string of the molecule is CSc1nccc(N2CC[C@]3(CCCN(C4CCCCC4)C3=O)C2)n1. The highest BCUT2D eigenvalue weighted by Crippen LogP contribution is 2.43. The Bertz CT molecular complexity index is 634. The summed E-state index contributed by atoms with van der Waals surface area (Å²) < 4.78 is 0. The van der Waals surface area contributed by atoms with Crippen molar-refractivity contribution in [1.29, 1.82) is 0 Å². The molecule has 6 heteroatoms. The van der Waals surface area contributed by atoms with E-state index in [2.05, 4.69) is 19.8 Å². The Kier molecular flexibility index (Phi) is 4.89. The van der Waals surface area contributed by atoms with Crippen molar-refractivity contribution in [2.75, 3.05) is 30.8 Å². The molecule has 136 valence electrons. The van der Waals surface area contributed by atoms with Crippen LogP contribution in [-0.2, 0) is 4.79 Å². The van der Waals surface area contributed by atoms with E-state index in [4.69, 9.17) is 0 Å². The fourth-order valence-corrected chi connectivity index (χ4v) is 5.25. The van der Waals surface area contributed by atoms with Crippen LogP contribution in [0.3, 0.4) is 0 Å². The Balaban J connectivity index is 1.50. The first kappa shape index (κ1) is 17.1. The molecule has 0 N–H and O–H groups in total. The molecule has 5 nitrogen and oxygen atoms in total. The zero-order chi connectivity index (χ0) is 17.3. The summed E-state index contributed by atoms with van der Waals surface area (Å²) in [5.41, 5.74) is -0.180. The summed E-state index contributed by atoms with van der Waals surface area (Å²) in [6.45, 7) is 2.71. The van der Waals surface area contributed by atoms with Crippen molar-refractivity contribution >= 4 is 23.5 Å². The molecule has 0 bridgehead atoms. The number of aromatic nitrogens is 2. The van der Waals surface area contributed by atoms with Crippen LogP contribution in [-0.4, -0.2) is 52.7 Å². The van der Waals surface area contributed by atoms with Gasteiger partial charge in [-0.25, -0.2) is 9.97 Å². The van der Waals surface area contributed by atoms with Crippen LogP contribution in [0.2, 0.25) is 0 Å². The average molecular weight is 361 g/mol. The van der Waals surface area contributed by atoms with Gasteiger partial charge in [-0.05, 0) is 44.4 Å². The minimum atomic E-state index is -0.180. The Hall–Kier alpha value is -1.30. The number of amides is 1. The predicted octanol–water partition coefficient (Wildman–Crippen LogP) is 3.35. The number of hydrogen-bond donors (Lipinski definition) is 0. The normalized spacial score (nSPS) is 28.1. The molecule has 1 atom stereocenters. The Morgan fingerprint density at radius 2 is 2.00 bits per heavy atom. The number of likely N-dealkylation sites (tertiary alicyclic amines) is 1. The van der Waals surface area contributed by atoms with Gasteiger partial charge < -0.3 is 9.80 Å². The van der Waals surface area contributed by atoms with Gasteiger partial charge in [-0.1, -0.05) is 31.0 Å². The summed E-state index contributed by atoms with van der Waals surface area (Å²) in [5.74, 6) is 1.39. The van der Waals surface area contributed by atoms with Crippen LogP contribution in [0.5, 0.6) is 0 Å². The van der Waals surface area contributed by atoms with Crippen LogP contribution in [0.4, 0.5) is 5.82 Å². The van der Waals surface area contributed by atoms with Gasteiger partial charge in [0.2, 0.25) is 5.91 Å². The third-order valence-corrected chi connectivity index (χ3v) is 6.83. The molecular formula is C19H28N4OS. The second-order valence-corrected chi connectivity index (χ2v) is 8.52. The highest BCUT2D eigenvalue weighted by Gasteiger charge is 2.49. The summed E-state index contributed by atoms with van der Waals surface area (Å²) in [5, 5.41) is 0.803. The van der Waals surface area contributed by atoms with Gasteiger partial charge in [0.15, 0.2) is 5.16 Å². The van der Waals surface area contributed by atoms with Crippen molar-refractivity contribution in [3.63, 3.8) is 0 Å². The van der Waals surface area contributed by atoms with Crippen molar-refractivity contribution in [1.82, 2.24) is 14.9 Å². The number of anilines is 1. The molecule has 1 aliphatic carbocycles. The Morgan fingerprint density at radius 3 is 2.80 bits per heavy atom. The van der Waals surface area contributed by atoms with E-state index in [1.54, 1.807) is 11.8 Å². The first-order valence-electron chi connectivity index (χ1n) is 9.65. The van der Waals surface area contributed by atoms with Gasteiger partial charge in [0.05, 0.1) is 5.41 Å². The van der Waals surface area contributed by atoms with Gasteiger partial charge in [-0.3, -0.25) is 4.79 Å². The van der Waals surface area contributed by atoms with E-state index < -0.39 is 0 Å². The van der Waals surface area contributed by atoms with Crippen molar-refractivity contribution < 1.29 is 4.79 Å². The third kappa shape index (κ3) is 3.25. The zero-order valence-electron chi connectivity index (χ0n) is 15.1. The van der Waals surface area contributed by atoms with Crippen molar-refractivity contribution in [2.24, 2.45) is 5.41 Å². The van der Waals surface area contributed by atoms with Gasteiger partial charge in [0.25, 0.3) is 0 Å². The van der Waals surface area contributed by atoms with E-state index in [1.165, 1.54) is 32.1 Å². The number of carbonyl (C=O) groups is 1. The summed E-state index contributed by atoms with van der Waals surface area (Å²) >= 11 is 1.56. The molecule has 2 saturated heterocycles. The summed E-state index contributed by atoms with van der Waals surface area (Å²) in [6, 6.07) is 2.47. The molecule has 1 spiro atoms. The van der Waals surface area contributed by atoms with E-state index in [0.29, 0.717) is 11.9 Å². The first-order chi connectivity index (χ1) is 12.2. The lowest BCUT2D eigenvalue weighted by Crippen LogP contribution is -2.54. The maximum absolute atomic E-state index is 13.4. The summed E-state index contributed by atoms with van der Waals surface area (Å²) in [4.78, 5) is 26.9. The van der Waals surface area contributed by atoms with Crippen LogP contribution in [0.1, 0.15) is 51.4 Å². The monoisotopic (exact) mass is 360 g/mol. The summed E-state index contributed by atoms with van der Waals surface area (Å²) in [6.07, 6.45) is 13.3. The number of thioether (sulfide) groups is 1. The molecule has 1 aromatic rings. The van der Waals surface area contributed by atoms with Crippen LogP contribution >= 0.6 is 11.8 Å². The molecule has 1 aromatic heterocycles. The number of piperidine rings is 1. The Morgan fingerprint density at radius 1 is 1.16 bits per heavy atom. The lowest BCUT2D eigenvalue weighted by molar-refractivity contribution is -0.148. The molecule has 1 amide bonds. The van der Waals surface area contributed by atoms with Gasteiger partial charge in [-0.15, -0.1) is 0 Å². The largest absolute Gasteiger partial charge is 0.355 e. The minimum Gasteiger partial charge on any atom is -0.355 e. The average Bonchev–Trinajstić information content (AvgIpc) is 3.10. The van der Waals surface area contributed by atoms with E-state index >= 15 is 0 Å². The maximum Gasteiger partial charge on any atom is 0.230 e. The number of nitrogens with zero attached hydrogens (tertiary/aromatic N) is 4. The molecular weight excluding hydrogens is 332 g/mol. The van der Waals surface area contributed by atoms with E-state index in [9.17, 15) is 4.79 Å². The van der Waals surface area contributed by atoms with Gasteiger partial charge in [-0.2, -0.15) is 0 Å². The number of rotatable bonds is 3. The summed E-state index contributed by atoms with van der Waals surface area (Å²) in [7, 11) is 0. The Labute approximate surface area is 154 Å². The highest BCUT2D eigenvalue weighted by atomic mass is 32.2. The quantitative estimate of drug-likeness (QED) is 0.611. The van der Waals surface area contributed by atoms with Crippen molar-refractivity contribution in [2.45, 2.75) is 62.6 Å². The van der Waals surface area contributed by atoms with E-state index in [0.717, 1.165) is 49.9 Å². The fourth-order valence-electron chi connectivity index (χ4n) is 4.89. The minimum absolute atomic E-state index is 0.180. The standard InChI is InChI=1S/C19H28N4OS/c1-25-18-20-11-8-16(21-18)22-13-10-19(14-22)9-5-12-23(17(19)24)15-6-3-2-4-7-15/h8,11,15H,2-7,9-10,12-14H2,1H3/t19-/m1/s1. The van der Waals surface area contributed by atoms with Crippen LogP contribution < -0.4 is 4.90 Å². The second-order valence-electron chi connectivity index (χ2n) is 7.75. The second kappa shape index (κ2) is 7.14. The molecule has 1 saturated carbocycles. The predicted molar refractivity (Wildman–Crippen MR) is 101 cm³/mol. The topological polar surface area (TPSA) is 49.3 Å². The molecule has 25 heavy (non-hydrogen) atoms. The lowest BCUT2D eigenvalue weighted by Gasteiger charge is -2.44. The fraction of sp³-hybridized carbons (Fsp3) is 0.737. The zero-order valence-corrected chi connectivity index (χ0v) is 15.9. The molecule has 3 fully saturated rings. The molecule has 4 rings (SSSR count). The first-order valence-corrected chi connectivity index (χ1v) is 10.9.